The molecule has 2 rings (SSSR count). The Kier molecular flexibility index (Phi) is 4.19. The fourth-order valence-corrected chi connectivity index (χ4v) is 2.52. The van der Waals surface area contributed by atoms with Crippen molar-refractivity contribution in [3.8, 4) is 0 Å². The van der Waals surface area contributed by atoms with E-state index in [0.717, 1.165) is 0 Å². The maximum absolute atomic E-state index is 13.8. The zero-order valence-electron chi connectivity index (χ0n) is 10.4. The molecule has 0 aliphatic carbocycles. The molecule has 0 saturated carbocycles. The summed E-state index contributed by atoms with van der Waals surface area (Å²) in [5, 5.41) is 0.688. The number of amides is 1. The number of hydrogen-bond acceptors (Lipinski definition) is 3. The standard InChI is InChI=1S/C13H13BrFNO3/c1-19-13(18)9-2-3-10(15)11(5-9)16-7-8(6-14)4-12(16)17/h2-3,5,8H,4,6-7H2,1H3. The molecule has 1 unspecified atom stereocenters. The number of methoxy groups -OCH3 is 1. The third-order valence-corrected chi connectivity index (χ3v) is 4.00. The van der Waals surface area contributed by atoms with Crippen molar-refractivity contribution in [2.24, 2.45) is 5.92 Å². The van der Waals surface area contributed by atoms with Crippen molar-refractivity contribution in [3.63, 3.8) is 0 Å². The summed E-state index contributed by atoms with van der Waals surface area (Å²) >= 11 is 3.32. The Balaban J connectivity index is 2.34. The highest BCUT2D eigenvalue weighted by Gasteiger charge is 2.31. The minimum atomic E-state index is -0.551. The summed E-state index contributed by atoms with van der Waals surface area (Å²) in [7, 11) is 1.26. The average molecular weight is 330 g/mol. The Morgan fingerprint density at radius 1 is 1.58 bits per heavy atom. The fourth-order valence-electron chi connectivity index (χ4n) is 2.08. The number of nitrogens with zero attached hydrogens (tertiary/aromatic N) is 1. The number of hydrogen-bond donors (Lipinski definition) is 0. The SMILES string of the molecule is COC(=O)c1ccc(F)c(N2CC(CBr)CC2=O)c1. The number of esters is 1. The van der Waals surface area contributed by atoms with Gasteiger partial charge in [0, 0.05) is 18.3 Å². The molecule has 102 valence electrons. The summed E-state index contributed by atoms with van der Waals surface area (Å²) in [6.45, 7) is 0.450. The Labute approximate surface area is 118 Å². The van der Waals surface area contributed by atoms with E-state index in [1.54, 1.807) is 0 Å². The summed E-state index contributed by atoms with van der Waals surface area (Å²) in [5.41, 5.74) is 0.366. The predicted molar refractivity (Wildman–Crippen MR) is 72.0 cm³/mol. The molecule has 0 spiro atoms. The lowest BCUT2D eigenvalue weighted by molar-refractivity contribution is -0.117. The van der Waals surface area contributed by atoms with E-state index in [-0.39, 0.29) is 23.1 Å². The first-order valence-corrected chi connectivity index (χ1v) is 6.93. The van der Waals surface area contributed by atoms with E-state index in [2.05, 4.69) is 20.7 Å². The van der Waals surface area contributed by atoms with Gasteiger partial charge in [-0.2, -0.15) is 0 Å². The molecule has 1 aliphatic heterocycles. The quantitative estimate of drug-likeness (QED) is 0.631. The number of rotatable bonds is 3. The summed E-state index contributed by atoms with van der Waals surface area (Å²) in [5.74, 6) is -1.04. The molecule has 1 aromatic rings. The molecule has 1 fully saturated rings. The van der Waals surface area contributed by atoms with Gasteiger partial charge in [-0.25, -0.2) is 9.18 Å². The van der Waals surface area contributed by atoms with Gasteiger partial charge in [-0.3, -0.25) is 4.79 Å². The zero-order chi connectivity index (χ0) is 14.0. The molecule has 1 saturated heterocycles. The van der Waals surface area contributed by atoms with Gasteiger partial charge >= 0.3 is 5.97 Å². The largest absolute Gasteiger partial charge is 0.465 e. The van der Waals surface area contributed by atoms with Crippen LogP contribution in [0.5, 0.6) is 0 Å². The van der Waals surface area contributed by atoms with Crippen LogP contribution in [-0.2, 0) is 9.53 Å². The van der Waals surface area contributed by atoms with Crippen LogP contribution in [-0.4, -0.2) is 30.9 Å². The maximum atomic E-state index is 13.8. The van der Waals surface area contributed by atoms with Crippen molar-refractivity contribution >= 4 is 33.5 Å². The lowest BCUT2D eigenvalue weighted by Gasteiger charge is -2.18. The third-order valence-electron chi connectivity index (χ3n) is 3.08. The van der Waals surface area contributed by atoms with Crippen LogP contribution in [0.4, 0.5) is 10.1 Å². The second-order valence-corrected chi connectivity index (χ2v) is 5.03. The first kappa shape index (κ1) is 14.0. The molecular formula is C13H13BrFNO3. The van der Waals surface area contributed by atoms with Crippen molar-refractivity contribution in [2.75, 3.05) is 23.9 Å². The van der Waals surface area contributed by atoms with Crippen LogP contribution in [0.2, 0.25) is 0 Å². The molecule has 1 aliphatic rings. The maximum Gasteiger partial charge on any atom is 0.337 e. The van der Waals surface area contributed by atoms with E-state index < -0.39 is 11.8 Å². The van der Waals surface area contributed by atoms with Crippen LogP contribution in [0.25, 0.3) is 0 Å². The predicted octanol–water partition coefficient (Wildman–Crippen LogP) is 2.36. The van der Waals surface area contributed by atoms with Gasteiger partial charge in [0.05, 0.1) is 18.4 Å². The van der Waals surface area contributed by atoms with Gasteiger partial charge in [0.1, 0.15) is 5.82 Å². The zero-order valence-corrected chi connectivity index (χ0v) is 11.9. The number of halogens is 2. The second-order valence-electron chi connectivity index (χ2n) is 4.39. The molecule has 1 atom stereocenters. The highest BCUT2D eigenvalue weighted by Crippen LogP contribution is 2.29. The van der Waals surface area contributed by atoms with Crippen LogP contribution in [0.3, 0.4) is 0 Å². The monoisotopic (exact) mass is 329 g/mol. The topological polar surface area (TPSA) is 46.6 Å². The molecule has 0 bridgehead atoms. The van der Waals surface area contributed by atoms with Crippen molar-refractivity contribution < 1.29 is 18.7 Å². The molecule has 0 radical (unpaired) electrons. The van der Waals surface area contributed by atoms with Crippen molar-refractivity contribution in [2.45, 2.75) is 6.42 Å². The first-order chi connectivity index (χ1) is 9.06. The van der Waals surface area contributed by atoms with Gasteiger partial charge < -0.3 is 9.64 Å². The van der Waals surface area contributed by atoms with Crippen LogP contribution in [0.15, 0.2) is 18.2 Å². The van der Waals surface area contributed by atoms with Gasteiger partial charge in [-0.15, -0.1) is 0 Å². The van der Waals surface area contributed by atoms with Gasteiger partial charge in [0.15, 0.2) is 0 Å². The minimum absolute atomic E-state index is 0.134. The van der Waals surface area contributed by atoms with E-state index >= 15 is 0 Å². The van der Waals surface area contributed by atoms with E-state index in [0.29, 0.717) is 18.3 Å². The Bertz CT molecular complexity index is 521. The van der Waals surface area contributed by atoms with Gasteiger partial charge in [0.25, 0.3) is 0 Å². The molecule has 0 aromatic heterocycles. The summed E-state index contributed by atoms with van der Waals surface area (Å²) in [6.07, 6.45) is 0.382. The fraction of sp³-hybridized carbons (Fsp3) is 0.385. The number of anilines is 1. The molecular weight excluding hydrogens is 317 g/mol. The van der Waals surface area contributed by atoms with Gasteiger partial charge in [-0.1, -0.05) is 15.9 Å². The number of ether oxygens (including phenoxy) is 1. The molecule has 4 nitrogen and oxygen atoms in total. The second kappa shape index (κ2) is 5.69. The number of benzene rings is 1. The van der Waals surface area contributed by atoms with Gasteiger partial charge in [0.2, 0.25) is 5.91 Å². The Morgan fingerprint density at radius 2 is 2.32 bits per heavy atom. The number of carbonyl (C=O) groups is 2. The first-order valence-electron chi connectivity index (χ1n) is 5.81. The van der Waals surface area contributed by atoms with Crippen molar-refractivity contribution in [1.29, 1.82) is 0 Å². The number of carbonyl (C=O) groups excluding carboxylic acids is 2. The normalized spacial score (nSPS) is 18.8. The minimum Gasteiger partial charge on any atom is -0.465 e. The summed E-state index contributed by atoms with van der Waals surface area (Å²) < 4.78 is 18.4. The highest BCUT2D eigenvalue weighted by molar-refractivity contribution is 9.09. The lowest BCUT2D eigenvalue weighted by atomic mass is 10.1. The van der Waals surface area contributed by atoms with Crippen LogP contribution >= 0.6 is 15.9 Å². The summed E-state index contributed by atoms with van der Waals surface area (Å²) in [4.78, 5) is 24.7. The third kappa shape index (κ3) is 2.78. The van der Waals surface area contributed by atoms with Crippen LogP contribution in [0.1, 0.15) is 16.8 Å². The highest BCUT2D eigenvalue weighted by atomic mass is 79.9. The molecule has 1 aromatic carbocycles. The Hall–Kier alpha value is -1.43. The van der Waals surface area contributed by atoms with Gasteiger partial charge in [-0.05, 0) is 24.1 Å². The van der Waals surface area contributed by atoms with Crippen LogP contribution in [0, 0.1) is 11.7 Å². The molecule has 1 heterocycles. The van der Waals surface area contributed by atoms with Crippen molar-refractivity contribution in [1.82, 2.24) is 0 Å². The Morgan fingerprint density at radius 3 is 2.89 bits per heavy atom. The number of alkyl halides is 1. The molecule has 1 amide bonds. The van der Waals surface area contributed by atoms with E-state index in [9.17, 15) is 14.0 Å². The van der Waals surface area contributed by atoms with Crippen molar-refractivity contribution in [3.05, 3.63) is 29.6 Å². The smallest absolute Gasteiger partial charge is 0.337 e. The molecule has 0 N–H and O–H groups in total. The summed E-state index contributed by atoms with van der Waals surface area (Å²) in [6, 6.07) is 3.87. The van der Waals surface area contributed by atoms with Crippen LogP contribution < -0.4 is 4.90 Å². The average Bonchev–Trinajstić information content (AvgIpc) is 2.79. The molecule has 6 heteroatoms. The lowest BCUT2D eigenvalue weighted by Crippen LogP contribution is -2.26. The molecule has 19 heavy (non-hydrogen) atoms. The van der Waals surface area contributed by atoms with E-state index in [1.807, 2.05) is 0 Å². The van der Waals surface area contributed by atoms with E-state index in [4.69, 9.17) is 0 Å². The van der Waals surface area contributed by atoms with E-state index in [1.165, 1.54) is 30.2 Å².